The summed E-state index contributed by atoms with van der Waals surface area (Å²) in [7, 11) is 1.52. The molecule has 1 aromatic carbocycles. The molecule has 7 heteroatoms. The van der Waals surface area contributed by atoms with Gasteiger partial charge in [0.05, 0.1) is 17.8 Å². The summed E-state index contributed by atoms with van der Waals surface area (Å²) >= 11 is 11.1. The van der Waals surface area contributed by atoms with E-state index in [1.54, 1.807) is 18.2 Å². The van der Waals surface area contributed by atoms with Crippen LogP contribution < -0.4 is 15.8 Å². The van der Waals surface area contributed by atoms with Gasteiger partial charge >= 0.3 is 0 Å². The van der Waals surface area contributed by atoms with Gasteiger partial charge in [0.25, 0.3) is 0 Å². The normalized spacial score (nSPS) is 17.0. The van der Waals surface area contributed by atoms with E-state index in [4.69, 9.17) is 39.0 Å². The molecule has 2 rings (SSSR count). The zero-order chi connectivity index (χ0) is 15.5. The van der Waals surface area contributed by atoms with Crippen molar-refractivity contribution in [3.63, 3.8) is 0 Å². The number of halogens is 1. The van der Waals surface area contributed by atoms with Crippen molar-refractivity contribution >= 4 is 40.4 Å². The minimum atomic E-state index is -0.888. The number of anilines is 1. The second kappa shape index (κ2) is 6.60. The minimum Gasteiger partial charge on any atom is -0.495 e. The fourth-order valence-corrected chi connectivity index (χ4v) is 2.79. The highest BCUT2D eigenvalue weighted by Crippen LogP contribution is 2.35. The van der Waals surface area contributed by atoms with Crippen molar-refractivity contribution < 1.29 is 14.3 Å². The summed E-state index contributed by atoms with van der Waals surface area (Å²) < 4.78 is 10.5. The molecule has 1 fully saturated rings. The average molecular weight is 329 g/mol. The Kier molecular flexibility index (Phi) is 5.03. The van der Waals surface area contributed by atoms with Crippen LogP contribution in [-0.2, 0) is 9.53 Å². The highest BCUT2D eigenvalue weighted by molar-refractivity contribution is 7.80. The maximum absolute atomic E-state index is 12.7. The molecular formula is C14H17ClN2O3S. The van der Waals surface area contributed by atoms with Crippen LogP contribution in [0.15, 0.2) is 18.2 Å². The van der Waals surface area contributed by atoms with Gasteiger partial charge < -0.3 is 20.5 Å². The lowest BCUT2D eigenvalue weighted by Crippen LogP contribution is -2.49. The molecule has 0 saturated carbocycles. The van der Waals surface area contributed by atoms with Gasteiger partial charge in [0.1, 0.15) is 11.2 Å². The molecule has 0 aromatic heterocycles. The summed E-state index contributed by atoms with van der Waals surface area (Å²) in [5, 5.41) is 3.33. The zero-order valence-corrected chi connectivity index (χ0v) is 13.2. The molecule has 0 unspecified atom stereocenters. The highest BCUT2D eigenvalue weighted by atomic mass is 35.5. The first-order valence-electron chi connectivity index (χ1n) is 6.52. The lowest BCUT2D eigenvalue weighted by Gasteiger charge is -2.34. The molecule has 21 heavy (non-hydrogen) atoms. The first kappa shape index (κ1) is 16.0. The van der Waals surface area contributed by atoms with Gasteiger partial charge in [0.15, 0.2) is 0 Å². The van der Waals surface area contributed by atoms with Crippen LogP contribution in [0.3, 0.4) is 0 Å². The van der Waals surface area contributed by atoms with Gasteiger partial charge in [-0.3, -0.25) is 4.79 Å². The SMILES string of the molecule is COc1ccc(Cl)cc1NC(=O)C1(C(N)=S)CCOCC1. The topological polar surface area (TPSA) is 73.6 Å². The number of hydrogen-bond acceptors (Lipinski definition) is 4. The van der Waals surface area contributed by atoms with E-state index in [9.17, 15) is 4.79 Å². The molecule has 1 aliphatic heterocycles. The quantitative estimate of drug-likeness (QED) is 0.830. The van der Waals surface area contributed by atoms with Crippen LogP contribution in [0.25, 0.3) is 0 Å². The molecule has 1 heterocycles. The summed E-state index contributed by atoms with van der Waals surface area (Å²) in [5.41, 5.74) is 5.42. The van der Waals surface area contributed by atoms with E-state index in [1.165, 1.54) is 7.11 Å². The third kappa shape index (κ3) is 3.28. The van der Waals surface area contributed by atoms with E-state index in [-0.39, 0.29) is 10.9 Å². The van der Waals surface area contributed by atoms with Crippen molar-refractivity contribution in [3.05, 3.63) is 23.2 Å². The largest absolute Gasteiger partial charge is 0.495 e. The Morgan fingerprint density at radius 3 is 2.71 bits per heavy atom. The van der Waals surface area contributed by atoms with Crippen molar-refractivity contribution in [2.24, 2.45) is 11.1 Å². The molecule has 5 nitrogen and oxygen atoms in total. The number of nitrogens with one attached hydrogen (secondary N) is 1. The van der Waals surface area contributed by atoms with Gasteiger partial charge in [0, 0.05) is 18.2 Å². The molecule has 0 radical (unpaired) electrons. The van der Waals surface area contributed by atoms with Gasteiger partial charge in [-0.15, -0.1) is 0 Å². The number of amides is 1. The lowest BCUT2D eigenvalue weighted by molar-refractivity contribution is -0.126. The van der Waals surface area contributed by atoms with Gasteiger partial charge in [-0.2, -0.15) is 0 Å². The number of nitrogens with two attached hydrogens (primary N) is 1. The summed E-state index contributed by atoms with van der Waals surface area (Å²) in [5.74, 6) is 0.275. The highest BCUT2D eigenvalue weighted by Gasteiger charge is 2.43. The minimum absolute atomic E-state index is 0.185. The van der Waals surface area contributed by atoms with E-state index in [1.807, 2.05) is 0 Å². The van der Waals surface area contributed by atoms with Gasteiger partial charge in [-0.05, 0) is 31.0 Å². The monoisotopic (exact) mass is 328 g/mol. The molecule has 0 bridgehead atoms. The number of carbonyl (C=O) groups excluding carboxylic acids is 1. The Morgan fingerprint density at radius 2 is 2.14 bits per heavy atom. The van der Waals surface area contributed by atoms with Crippen molar-refractivity contribution in [1.29, 1.82) is 0 Å². The number of hydrogen-bond donors (Lipinski definition) is 2. The van der Waals surface area contributed by atoms with E-state index >= 15 is 0 Å². The zero-order valence-electron chi connectivity index (χ0n) is 11.6. The number of benzene rings is 1. The molecular weight excluding hydrogens is 312 g/mol. The predicted molar refractivity (Wildman–Crippen MR) is 85.9 cm³/mol. The van der Waals surface area contributed by atoms with Crippen molar-refractivity contribution in [2.75, 3.05) is 25.6 Å². The molecule has 0 atom stereocenters. The second-order valence-corrected chi connectivity index (χ2v) is 5.73. The van der Waals surface area contributed by atoms with Gasteiger partial charge in [-0.25, -0.2) is 0 Å². The van der Waals surface area contributed by atoms with Crippen LogP contribution in [0.2, 0.25) is 5.02 Å². The number of methoxy groups -OCH3 is 1. The molecule has 1 aromatic rings. The van der Waals surface area contributed by atoms with Crippen LogP contribution >= 0.6 is 23.8 Å². The third-order valence-corrected chi connectivity index (χ3v) is 4.29. The lowest BCUT2D eigenvalue weighted by atomic mass is 9.79. The maximum Gasteiger partial charge on any atom is 0.237 e. The van der Waals surface area contributed by atoms with Crippen LogP contribution in [0, 0.1) is 5.41 Å². The molecule has 0 aliphatic carbocycles. The van der Waals surface area contributed by atoms with Crippen LogP contribution in [0.5, 0.6) is 5.75 Å². The molecule has 1 amide bonds. The fourth-order valence-electron chi connectivity index (χ4n) is 2.33. The Morgan fingerprint density at radius 1 is 1.48 bits per heavy atom. The van der Waals surface area contributed by atoms with E-state index in [0.717, 1.165) is 0 Å². The summed E-state index contributed by atoms with van der Waals surface area (Å²) in [6.07, 6.45) is 0.939. The molecule has 114 valence electrons. The van der Waals surface area contributed by atoms with Crippen molar-refractivity contribution in [2.45, 2.75) is 12.8 Å². The number of thiocarbonyl (C=S) groups is 1. The maximum atomic E-state index is 12.7. The summed E-state index contributed by atoms with van der Waals surface area (Å²) in [6, 6.07) is 5.01. The number of carbonyl (C=O) groups is 1. The van der Waals surface area contributed by atoms with E-state index < -0.39 is 5.41 Å². The molecule has 0 spiro atoms. The van der Waals surface area contributed by atoms with Gasteiger partial charge in [-0.1, -0.05) is 23.8 Å². The summed E-state index contributed by atoms with van der Waals surface area (Å²) in [6.45, 7) is 0.912. The molecule has 1 aliphatic rings. The van der Waals surface area contributed by atoms with Crippen LogP contribution in [0.4, 0.5) is 5.69 Å². The Labute approximate surface area is 133 Å². The third-order valence-electron chi connectivity index (χ3n) is 3.66. The first-order valence-corrected chi connectivity index (χ1v) is 7.31. The Balaban J connectivity index is 2.27. The van der Waals surface area contributed by atoms with Gasteiger partial charge in [0.2, 0.25) is 5.91 Å². The number of rotatable bonds is 4. The molecule has 1 saturated heterocycles. The smallest absolute Gasteiger partial charge is 0.237 e. The number of ether oxygens (including phenoxy) is 2. The second-order valence-electron chi connectivity index (χ2n) is 4.86. The Hall–Kier alpha value is -1.37. The van der Waals surface area contributed by atoms with Crippen LogP contribution in [-0.4, -0.2) is 31.2 Å². The van der Waals surface area contributed by atoms with E-state index in [2.05, 4.69) is 5.32 Å². The first-order chi connectivity index (χ1) is 9.99. The molecule has 3 N–H and O–H groups in total. The standard InChI is InChI=1S/C14H17ClN2O3S/c1-19-11-3-2-9(15)8-10(11)17-13(18)14(12(16)21)4-6-20-7-5-14/h2-3,8H,4-7H2,1H3,(H2,16,21)(H,17,18). The Bertz CT molecular complexity index is 559. The fraction of sp³-hybridized carbons (Fsp3) is 0.429. The summed E-state index contributed by atoms with van der Waals surface area (Å²) in [4.78, 5) is 12.9. The van der Waals surface area contributed by atoms with Crippen molar-refractivity contribution in [1.82, 2.24) is 0 Å². The van der Waals surface area contributed by atoms with Crippen LogP contribution in [0.1, 0.15) is 12.8 Å². The average Bonchev–Trinajstić information content (AvgIpc) is 2.48. The van der Waals surface area contributed by atoms with Crippen molar-refractivity contribution in [3.8, 4) is 5.75 Å². The van der Waals surface area contributed by atoms with E-state index in [0.29, 0.717) is 42.5 Å². The predicted octanol–water partition coefficient (Wildman–Crippen LogP) is 2.37.